The molecule has 3 aromatic heterocycles. The van der Waals surface area contributed by atoms with E-state index in [0.717, 1.165) is 22.6 Å². The predicted octanol–water partition coefficient (Wildman–Crippen LogP) is 3.68. The second-order valence-electron chi connectivity index (χ2n) is 5.57. The fraction of sp³-hybridized carbons (Fsp3) is 0.105. The van der Waals surface area contributed by atoms with Crippen LogP contribution in [0.15, 0.2) is 67.4 Å². The normalized spacial score (nSPS) is 10.9. The van der Waals surface area contributed by atoms with Crippen molar-refractivity contribution >= 4 is 5.78 Å². The fourth-order valence-electron chi connectivity index (χ4n) is 2.58. The zero-order valence-corrected chi connectivity index (χ0v) is 13.3. The van der Waals surface area contributed by atoms with Gasteiger partial charge < -0.3 is 4.74 Å². The highest BCUT2D eigenvalue weighted by atomic mass is 16.5. The van der Waals surface area contributed by atoms with Crippen molar-refractivity contribution in [1.29, 1.82) is 0 Å². The maximum Gasteiger partial charge on any atom is 0.234 e. The lowest BCUT2D eigenvalue weighted by Crippen LogP contribution is -1.94. The molecule has 0 spiro atoms. The molecule has 0 fully saturated rings. The smallest absolute Gasteiger partial charge is 0.234 e. The highest BCUT2D eigenvalue weighted by Crippen LogP contribution is 2.21. The molecule has 4 aromatic rings. The van der Waals surface area contributed by atoms with Crippen molar-refractivity contribution in [3.8, 4) is 16.9 Å². The third-order valence-corrected chi connectivity index (χ3v) is 3.84. The van der Waals surface area contributed by atoms with Gasteiger partial charge in [0.1, 0.15) is 12.4 Å². The minimum Gasteiger partial charge on any atom is -0.487 e. The van der Waals surface area contributed by atoms with Crippen molar-refractivity contribution in [3.63, 3.8) is 0 Å². The number of imidazole rings is 1. The first-order valence-corrected chi connectivity index (χ1v) is 7.72. The first-order valence-electron chi connectivity index (χ1n) is 7.72. The molecule has 0 amide bonds. The van der Waals surface area contributed by atoms with Gasteiger partial charge in [-0.1, -0.05) is 18.2 Å². The first kappa shape index (κ1) is 14.4. The molecule has 4 rings (SSSR count). The van der Waals surface area contributed by atoms with Gasteiger partial charge >= 0.3 is 0 Å². The van der Waals surface area contributed by atoms with Gasteiger partial charge in [0.2, 0.25) is 5.78 Å². The van der Waals surface area contributed by atoms with Gasteiger partial charge in [0, 0.05) is 42.1 Å². The molecule has 118 valence electrons. The van der Waals surface area contributed by atoms with E-state index in [-0.39, 0.29) is 0 Å². The summed E-state index contributed by atoms with van der Waals surface area (Å²) >= 11 is 0. The average Bonchev–Trinajstić information content (AvgIpc) is 3.03. The zero-order chi connectivity index (χ0) is 16.4. The number of pyridine rings is 1. The van der Waals surface area contributed by atoms with Crippen LogP contribution in [-0.4, -0.2) is 19.4 Å². The maximum absolute atomic E-state index is 5.74. The summed E-state index contributed by atoms with van der Waals surface area (Å²) in [4.78, 5) is 13.1. The van der Waals surface area contributed by atoms with Crippen molar-refractivity contribution in [2.45, 2.75) is 13.5 Å². The Balaban J connectivity index is 1.61. The van der Waals surface area contributed by atoms with E-state index >= 15 is 0 Å². The lowest BCUT2D eigenvalue weighted by Gasteiger charge is -2.04. The van der Waals surface area contributed by atoms with Crippen LogP contribution in [-0.2, 0) is 6.61 Å². The number of nitrogens with zero attached hydrogens (tertiary/aromatic N) is 4. The van der Waals surface area contributed by atoms with E-state index in [1.807, 2.05) is 65.6 Å². The molecule has 0 unspecified atom stereocenters. The fourth-order valence-corrected chi connectivity index (χ4v) is 2.58. The maximum atomic E-state index is 5.74. The Kier molecular flexibility index (Phi) is 3.67. The molecule has 0 N–H and O–H groups in total. The second-order valence-corrected chi connectivity index (χ2v) is 5.57. The summed E-state index contributed by atoms with van der Waals surface area (Å²) in [7, 11) is 0. The summed E-state index contributed by atoms with van der Waals surface area (Å²) in [6.45, 7) is 2.48. The SMILES string of the molecule is Cc1ccncc1-c1cnc2nc(COc3ccccc3)cn2c1. The molecule has 0 saturated heterocycles. The number of rotatable bonds is 4. The highest BCUT2D eigenvalue weighted by Gasteiger charge is 2.07. The molecule has 1 aromatic carbocycles. The number of ether oxygens (including phenoxy) is 1. The van der Waals surface area contributed by atoms with E-state index in [4.69, 9.17) is 4.74 Å². The molecule has 0 bridgehead atoms. The van der Waals surface area contributed by atoms with Crippen LogP contribution in [0.25, 0.3) is 16.9 Å². The van der Waals surface area contributed by atoms with Gasteiger partial charge in [-0.15, -0.1) is 0 Å². The summed E-state index contributed by atoms with van der Waals surface area (Å²) in [6.07, 6.45) is 9.44. The molecule has 0 aliphatic rings. The number of fused-ring (bicyclic) bond motifs is 1. The lowest BCUT2D eigenvalue weighted by molar-refractivity contribution is 0.302. The Hall–Kier alpha value is -3.21. The standard InChI is InChI=1S/C19H16N4O/c1-14-7-8-20-10-18(14)15-9-21-19-22-16(12-23(19)11-15)13-24-17-5-3-2-4-6-17/h2-12H,13H2,1H3. The van der Waals surface area contributed by atoms with Crippen LogP contribution in [0.5, 0.6) is 5.75 Å². The Morgan fingerprint density at radius 3 is 2.75 bits per heavy atom. The van der Waals surface area contributed by atoms with Crippen LogP contribution in [0.1, 0.15) is 11.3 Å². The van der Waals surface area contributed by atoms with Crippen molar-refractivity contribution in [1.82, 2.24) is 19.4 Å². The number of hydrogen-bond donors (Lipinski definition) is 0. The molecule has 0 aliphatic carbocycles. The molecule has 5 nitrogen and oxygen atoms in total. The largest absolute Gasteiger partial charge is 0.487 e. The van der Waals surface area contributed by atoms with Crippen LogP contribution in [0.4, 0.5) is 0 Å². The average molecular weight is 316 g/mol. The van der Waals surface area contributed by atoms with E-state index in [2.05, 4.69) is 21.9 Å². The quantitative estimate of drug-likeness (QED) is 0.576. The summed E-state index contributed by atoms with van der Waals surface area (Å²) in [5, 5.41) is 0. The molecule has 0 radical (unpaired) electrons. The Morgan fingerprint density at radius 1 is 1.04 bits per heavy atom. The highest BCUT2D eigenvalue weighted by molar-refractivity contribution is 5.65. The molecule has 24 heavy (non-hydrogen) atoms. The molecule has 0 aliphatic heterocycles. The molecular formula is C19H16N4O. The van der Waals surface area contributed by atoms with Crippen molar-refractivity contribution in [2.24, 2.45) is 0 Å². The number of hydrogen-bond acceptors (Lipinski definition) is 4. The number of para-hydroxylation sites is 1. The molecular weight excluding hydrogens is 300 g/mol. The van der Waals surface area contributed by atoms with Gasteiger partial charge in [0.05, 0.1) is 5.69 Å². The first-order chi connectivity index (χ1) is 11.8. The van der Waals surface area contributed by atoms with Gasteiger partial charge in [-0.2, -0.15) is 0 Å². The van der Waals surface area contributed by atoms with E-state index in [9.17, 15) is 0 Å². The molecule has 5 heteroatoms. The van der Waals surface area contributed by atoms with Crippen molar-refractivity contribution in [3.05, 3.63) is 78.6 Å². The van der Waals surface area contributed by atoms with E-state index in [1.54, 1.807) is 6.20 Å². The van der Waals surface area contributed by atoms with Gasteiger partial charge in [0.25, 0.3) is 0 Å². The number of aryl methyl sites for hydroxylation is 1. The summed E-state index contributed by atoms with van der Waals surface area (Å²) in [5.74, 6) is 1.49. The topological polar surface area (TPSA) is 52.3 Å². The lowest BCUT2D eigenvalue weighted by atomic mass is 10.1. The van der Waals surface area contributed by atoms with E-state index < -0.39 is 0 Å². The zero-order valence-electron chi connectivity index (χ0n) is 13.3. The molecule has 0 atom stereocenters. The van der Waals surface area contributed by atoms with Crippen LogP contribution in [0.2, 0.25) is 0 Å². The summed E-state index contributed by atoms with van der Waals surface area (Å²) in [6, 6.07) is 11.7. The summed E-state index contributed by atoms with van der Waals surface area (Å²) < 4.78 is 7.66. The van der Waals surface area contributed by atoms with E-state index in [0.29, 0.717) is 12.4 Å². The van der Waals surface area contributed by atoms with Gasteiger partial charge in [0.15, 0.2) is 0 Å². The van der Waals surface area contributed by atoms with Crippen LogP contribution >= 0.6 is 0 Å². The molecule has 0 saturated carbocycles. The monoisotopic (exact) mass is 316 g/mol. The number of benzene rings is 1. The van der Waals surface area contributed by atoms with Gasteiger partial charge in [-0.05, 0) is 30.7 Å². The van der Waals surface area contributed by atoms with Crippen LogP contribution < -0.4 is 4.74 Å². The molecule has 3 heterocycles. The Morgan fingerprint density at radius 2 is 1.92 bits per heavy atom. The second kappa shape index (κ2) is 6.12. The van der Waals surface area contributed by atoms with Crippen molar-refractivity contribution < 1.29 is 4.74 Å². The van der Waals surface area contributed by atoms with Gasteiger partial charge in [-0.3, -0.25) is 9.38 Å². The van der Waals surface area contributed by atoms with Crippen LogP contribution in [0.3, 0.4) is 0 Å². The third-order valence-electron chi connectivity index (χ3n) is 3.84. The number of aromatic nitrogens is 4. The van der Waals surface area contributed by atoms with E-state index in [1.165, 1.54) is 5.56 Å². The van der Waals surface area contributed by atoms with Gasteiger partial charge in [-0.25, -0.2) is 9.97 Å². The minimum atomic E-state index is 0.411. The van der Waals surface area contributed by atoms with Crippen LogP contribution in [0, 0.1) is 6.92 Å². The minimum absolute atomic E-state index is 0.411. The van der Waals surface area contributed by atoms with Crippen molar-refractivity contribution in [2.75, 3.05) is 0 Å². The Bertz CT molecular complexity index is 979. The summed E-state index contributed by atoms with van der Waals surface area (Å²) in [5.41, 5.74) is 4.09. The third kappa shape index (κ3) is 2.84. The Labute approximate surface area is 139 Å². The predicted molar refractivity (Wildman–Crippen MR) is 91.7 cm³/mol.